The number of nitrogens with zero attached hydrogens (tertiary/aromatic N) is 3. The van der Waals surface area contributed by atoms with Crippen molar-refractivity contribution in [3.8, 4) is 6.07 Å². The summed E-state index contributed by atoms with van der Waals surface area (Å²) in [6.45, 7) is 0. The topological polar surface area (TPSA) is 61.1 Å². The van der Waals surface area contributed by atoms with Crippen LogP contribution in [0.15, 0.2) is 41.5 Å². The van der Waals surface area contributed by atoms with E-state index in [1.807, 2.05) is 30.3 Å². The summed E-state index contributed by atoms with van der Waals surface area (Å²) < 4.78 is 0.984. The molecule has 0 amide bonds. The van der Waals surface area contributed by atoms with Gasteiger partial charge in [0.2, 0.25) is 0 Å². The van der Waals surface area contributed by atoms with Gasteiger partial charge in [0.25, 0.3) is 0 Å². The summed E-state index contributed by atoms with van der Waals surface area (Å²) in [6, 6.07) is 12.7. The van der Waals surface area contributed by atoms with Gasteiger partial charge in [-0.3, -0.25) is 5.43 Å². The summed E-state index contributed by atoms with van der Waals surface area (Å²) in [6.07, 6.45) is 0. The zero-order valence-electron chi connectivity index (χ0n) is 11.3. The van der Waals surface area contributed by atoms with Crippen molar-refractivity contribution in [2.45, 2.75) is 0 Å². The predicted molar refractivity (Wildman–Crippen MR) is 96.9 cm³/mol. The largest absolute Gasteiger partial charge is 0.276 e. The molecular weight excluding hydrogens is 375 g/mol. The summed E-state index contributed by atoms with van der Waals surface area (Å²) >= 11 is 19.3. The molecule has 0 unspecified atom stereocenters. The van der Waals surface area contributed by atoms with E-state index in [0.717, 1.165) is 10.2 Å². The Bertz CT molecular complexity index is 926. The lowest BCUT2D eigenvalue weighted by atomic mass is 10.3. The van der Waals surface area contributed by atoms with E-state index in [1.165, 1.54) is 17.4 Å². The van der Waals surface area contributed by atoms with Gasteiger partial charge in [-0.1, -0.05) is 46.9 Å². The first-order chi connectivity index (χ1) is 11.1. The number of aromatic nitrogens is 1. The molecule has 0 saturated carbocycles. The third kappa shape index (κ3) is 3.41. The SMILES string of the molecule is N#C/C(=N\Nc1cc(Cl)c(Cl)cc1Cl)c1nc2ccccc2s1. The lowest BCUT2D eigenvalue weighted by Crippen LogP contribution is -2.01. The second-order valence-corrected chi connectivity index (χ2v) is 6.67. The fourth-order valence-corrected chi connectivity index (χ4v) is 3.31. The standard InChI is InChI=1S/C15H7Cl3N4S/c16-8-5-10(18)12(6-9(8)17)21-22-13(7-19)15-20-11-3-1-2-4-14(11)23-15/h1-6,21H/b22-13+. The maximum Gasteiger partial charge on any atom is 0.196 e. The van der Waals surface area contributed by atoms with Crippen molar-refractivity contribution >= 4 is 67.8 Å². The normalized spacial score (nSPS) is 11.5. The van der Waals surface area contributed by atoms with Crippen LogP contribution in [0.5, 0.6) is 0 Å². The highest BCUT2D eigenvalue weighted by molar-refractivity contribution is 7.20. The third-order valence-corrected chi connectivity index (χ3v) is 4.98. The van der Waals surface area contributed by atoms with E-state index in [2.05, 4.69) is 15.5 Å². The van der Waals surface area contributed by atoms with Gasteiger partial charge in [0, 0.05) is 0 Å². The number of rotatable bonds is 3. The van der Waals surface area contributed by atoms with Crippen LogP contribution < -0.4 is 5.43 Å². The van der Waals surface area contributed by atoms with E-state index >= 15 is 0 Å². The third-order valence-electron chi connectivity index (χ3n) is 2.90. The zero-order chi connectivity index (χ0) is 16.4. The van der Waals surface area contributed by atoms with E-state index in [-0.39, 0.29) is 5.71 Å². The van der Waals surface area contributed by atoms with E-state index in [9.17, 15) is 5.26 Å². The van der Waals surface area contributed by atoms with Crippen molar-refractivity contribution < 1.29 is 0 Å². The Morgan fingerprint density at radius 3 is 2.61 bits per heavy atom. The number of nitrogens with one attached hydrogen (secondary N) is 1. The van der Waals surface area contributed by atoms with E-state index < -0.39 is 0 Å². The second-order valence-electron chi connectivity index (χ2n) is 4.42. The summed E-state index contributed by atoms with van der Waals surface area (Å²) in [7, 11) is 0. The predicted octanol–water partition coefficient (Wildman–Crippen LogP) is 5.60. The first-order valence-electron chi connectivity index (χ1n) is 6.33. The number of benzene rings is 2. The van der Waals surface area contributed by atoms with Crippen molar-refractivity contribution in [3.05, 3.63) is 56.5 Å². The summed E-state index contributed by atoms with van der Waals surface area (Å²) in [5.74, 6) is 0. The molecule has 3 rings (SSSR count). The fraction of sp³-hybridized carbons (Fsp3) is 0. The maximum atomic E-state index is 9.32. The monoisotopic (exact) mass is 380 g/mol. The smallest absolute Gasteiger partial charge is 0.196 e. The molecular formula is C15H7Cl3N4S. The van der Waals surface area contributed by atoms with Crippen molar-refractivity contribution in [2.24, 2.45) is 5.10 Å². The van der Waals surface area contributed by atoms with Gasteiger partial charge in [-0.15, -0.1) is 11.3 Å². The van der Waals surface area contributed by atoms with Crippen molar-refractivity contribution in [1.29, 1.82) is 5.26 Å². The average molecular weight is 382 g/mol. The Kier molecular flexibility index (Phi) is 4.69. The van der Waals surface area contributed by atoms with Crippen LogP contribution in [0, 0.1) is 11.3 Å². The van der Waals surface area contributed by atoms with Crippen molar-refractivity contribution in [1.82, 2.24) is 4.98 Å². The number of nitriles is 1. The van der Waals surface area contributed by atoms with Gasteiger partial charge in [0.15, 0.2) is 10.7 Å². The quantitative estimate of drug-likeness (QED) is 0.365. The number of hydrazone groups is 1. The van der Waals surface area contributed by atoms with Crippen LogP contribution in [0.25, 0.3) is 10.2 Å². The molecule has 0 aliphatic carbocycles. The van der Waals surface area contributed by atoms with Crippen molar-refractivity contribution in [3.63, 3.8) is 0 Å². The molecule has 0 radical (unpaired) electrons. The lowest BCUT2D eigenvalue weighted by molar-refractivity contribution is 1.32. The highest BCUT2D eigenvalue weighted by Gasteiger charge is 2.11. The average Bonchev–Trinajstić information content (AvgIpc) is 2.96. The molecule has 2 aromatic carbocycles. The van der Waals surface area contributed by atoms with Crippen molar-refractivity contribution in [2.75, 3.05) is 5.43 Å². The van der Waals surface area contributed by atoms with Crippen LogP contribution >= 0.6 is 46.1 Å². The van der Waals surface area contributed by atoms with Crippen LogP contribution in [0.2, 0.25) is 15.1 Å². The molecule has 0 atom stereocenters. The Morgan fingerprint density at radius 1 is 1.13 bits per heavy atom. The first kappa shape index (κ1) is 16.0. The highest BCUT2D eigenvalue weighted by Crippen LogP contribution is 2.32. The van der Waals surface area contributed by atoms with E-state index in [0.29, 0.717) is 25.8 Å². The molecule has 1 N–H and O–H groups in total. The van der Waals surface area contributed by atoms with E-state index in [1.54, 1.807) is 6.07 Å². The van der Waals surface area contributed by atoms with Crippen LogP contribution in [-0.4, -0.2) is 10.7 Å². The molecule has 0 bridgehead atoms. The molecule has 3 aromatic rings. The molecule has 0 fully saturated rings. The van der Waals surface area contributed by atoms with Gasteiger partial charge >= 0.3 is 0 Å². The highest BCUT2D eigenvalue weighted by atomic mass is 35.5. The van der Waals surface area contributed by atoms with Gasteiger partial charge in [-0.05, 0) is 24.3 Å². The molecule has 114 valence electrons. The summed E-state index contributed by atoms with van der Waals surface area (Å²) in [5.41, 5.74) is 4.17. The van der Waals surface area contributed by atoms with Gasteiger partial charge in [0.05, 0.1) is 31.0 Å². The zero-order valence-corrected chi connectivity index (χ0v) is 14.4. The Hall–Kier alpha value is -1.84. The van der Waals surface area contributed by atoms with Gasteiger partial charge in [-0.2, -0.15) is 10.4 Å². The minimum absolute atomic E-state index is 0.160. The van der Waals surface area contributed by atoms with Crippen LogP contribution in [0.4, 0.5) is 5.69 Å². The molecule has 0 aliphatic heterocycles. The number of anilines is 1. The second kappa shape index (κ2) is 6.73. The number of halogens is 3. The number of thiazole rings is 1. The van der Waals surface area contributed by atoms with Crippen LogP contribution in [-0.2, 0) is 0 Å². The van der Waals surface area contributed by atoms with Gasteiger partial charge in [0.1, 0.15) is 6.07 Å². The minimum Gasteiger partial charge on any atom is -0.276 e. The molecule has 0 saturated heterocycles. The number of fused-ring (bicyclic) bond motifs is 1. The van der Waals surface area contributed by atoms with E-state index in [4.69, 9.17) is 34.8 Å². The molecule has 0 aliphatic rings. The summed E-state index contributed by atoms with van der Waals surface area (Å²) in [4.78, 5) is 4.40. The number of hydrogen-bond donors (Lipinski definition) is 1. The Morgan fingerprint density at radius 2 is 1.87 bits per heavy atom. The number of para-hydroxylation sites is 1. The van der Waals surface area contributed by atoms with Gasteiger partial charge in [-0.25, -0.2) is 4.98 Å². The Balaban J connectivity index is 1.93. The van der Waals surface area contributed by atoms with Gasteiger partial charge < -0.3 is 0 Å². The Labute approximate surface area is 150 Å². The van der Waals surface area contributed by atoms with Crippen LogP contribution in [0.1, 0.15) is 5.01 Å². The molecule has 8 heteroatoms. The molecule has 1 aromatic heterocycles. The molecule has 0 spiro atoms. The minimum atomic E-state index is 0.160. The molecule has 4 nitrogen and oxygen atoms in total. The fourth-order valence-electron chi connectivity index (χ4n) is 1.82. The molecule has 1 heterocycles. The summed E-state index contributed by atoms with van der Waals surface area (Å²) in [5, 5.41) is 15.0. The maximum absolute atomic E-state index is 9.32. The lowest BCUT2D eigenvalue weighted by Gasteiger charge is -2.05. The number of hydrogen-bond acceptors (Lipinski definition) is 5. The molecule has 23 heavy (non-hydrogen) atoms. The van der Waals surface area contributed by atoms with Crippen LogP contribution in [0.3, 0.4) is 0 Å². The first-order valence-corrected chi connectivity index (χ1v) is 8.28.